The van der Waals surface area contributed by atoms with Gasteiger partial charge in [0.25, 0.3) is 0 Å². The molecule has 2 aromatic carbocycles. The van der Waals surface area contributed by atoms with Crippen molar-refractivity contribution >= 4 is 22.5 Å². The number of pyridine rings is 1. The maximum absolute atomic E-state index is 9.21. The lowest BCUT2D eigenvalue weighted by Gasteiger charge is -2.06. The maximum Gasteiger partial charge on any atom is 0.219 e. The molecule has 0 bridgehead atoms. The number of phenols is 1. The fourth-order valence-corrected chi connectivity index (χ4v) is 1.95. The predicted octanol–water partition coefficient (Wildman–Crippen LogP) is 4.39. The summed E-state index contributed by atoms with van der Waals surface area (Å²) in [6.07, 6.45) is 0. The Morgan fingerprint density at radius 1 is 0.947 bits per heavy atom. The van der Waals surface area contributed by atoms with Crippen molar-refractivity contribution in [1.29, 1.82) is 0 Å². The number of hydrogen-bond donors (Lipinski definition) is 1. The van der Waals surface area contributed by atoms with Gasteiger partial charge in [0.05, 0.1) is 5.52 Å². The van der Waals surface area contributed by atoms with Crippen molar-refractivity contribution < 1.29 is 9.84 Å². The average Bonchev–Trinajstić information content (AvgIpc) is 2.42. The normalized spacial score (nSPS) is 10.6. The predicted molar refractivity (Wildman–Crippen MR) is 74.9 cm³/mol. The Balaban J connectivity index is 1.93. The molecule has 0 aliphatic rings. The summed E-state index contributed by atoms with van der Waals surface area (Å²) in [5.41, 5.74) is 0.820. The Labute approximate surface area is 115 Å². The SMILES string of the molecule is Oc1ccc(Oc2ccc3cc(Cl)ccc3n2)cc1. The summed E-state index contributed by atoms with van der Waals surface area (Å²) in [5, 5.41) is 10.9. The second-order valence-corrected chi connectivity index (χ2v) is 4.52. The zero-order valence-corrected chi connectivity index (χ0v) is 10.6. The first-order valence-corrected chi connectivity index (χ1v) is 6.12. The fourth-order valence-electron chi connectivity index (χ4n) is 1.77. The highest BCUT2D eigenvalue weighted by Crippen LogP contribution is 2.25. The topological polar surface area (TPSA) is 42.4 Å². The molecule has 19 heavy (non-hydrogen) atoms. The lowest BCUT2D eigenvalue weighted by atomic mass is 10.2. The minimum Gasteiger partial charge on any atom is -0.508 e. The summed E-state index contributed by atoms with van der Waals surface area (Å²) in [4.78, 5) is 4.39. The second kappa shape index (κ2) is 4.78. The van der Waals surface area contributed by atoms with Crippen molar-refractivity contribution in [2.75, 3.05) is 0 Å². The number of nitrogens with zero attached hydrogens (tertiary/aromatic N) is 1. The molecule has 0 amide bonds. The number of aromatic hydroxyl groups is 1. The van der Waals surface area contributed by atoms with Gasteiger partial charge in [-0.25, -0.2) is 4.98 Å². The zero-order chi connectivity index (χ0) is 13.2. The summed E-state index contributed by atoms with van der Waals surface area (Å²) in [5.74, 6) is 1.33. The van der Waals surface area contributed by atoms with Gasteiger partial charge < -0.3 is 9.84 Å². The molecule has 0 saturated carbocycles. The van der Waals surface area contributed by atoms with Crippen LogP contribution in [-0.2, 0) is 0 Å². The molecule has 1 aromatic heterocycles. The van der Waals surface area contributed by atoms with Crippen LogP contribution in [0.2, 0.25) is 5.02 Å². The molecule has 3 rings (SSSR count). The molecular formula is C15H10ClNO2. The van der Waals surface area contributed by atoms with E-state index in [1.807, 2.05) is 18.2 Å². The molecule has 94 valence electrons. The van der Waals surface area contributed by atoms with Crippen molar-refractivity contribution in [1.82, 2.24) is 4.98 Å². The summed E-state index contributed by atoms with van der Waals surface area (Å²) in [6.45, 7) is 0. The molecule has 0 atom stereocenters. The highest BCUT2D eigenvalue weighted by Gasteiger charge is 2.02. The molecular weight excluding hydrogens is 262 g/mol. The molecule has 0 fully saturated rings. The van der Waals surface area contributed by atoms with E-state index >= 15 is 0 Å². The van der Waals surface area contributed by atoms with Gasteiger partial charge >= 0.3 is 0 Å². The summed E-state index contributed by atoms with van der Waals surface area (Å²) >= 11 is 5.92. The molecule has 0 spiro atoms. The van der Waals surface area contributed by atoms with Gasteiger partial charge in [0, 0.05) is 16.5 Å². The number of aromatic nitrogens is 1. The number of fused-ring (bicyclic) bond motifs is 1. The molecule has 0 aliphatic heterocycles. The molecule has 0 radical (unpaired) electrons. The highest BCUT2D eigenvalue weighted by atomic mass is 35.5. The van der Waals surface area contributed by atoms with Crippen molar-refractivity contribution in [2.24, 2.45) is 0 Å². The van der Waals surface area contributed by atoms with Crippen LogP contribution < -0.4 is 4.74 Å². The van der Waals surface area contributed by atoms with E-state index in [1.54, 1.807) is 36.4 Å². The van der Waals surface area contributed by atoms with Crippen LogP contribution in [-0.4, -0.2) is 10.1 Å². The molecule has 1 heterocycles. The van der Waals surface area contributed by atoms with E-state index in [0.717, 1.165) is 10.9 Å². The first-order valence-electron chi connectivity index (χ1n) is 5.74. The fraction of sp³-hybridized carbons (Fsp3) is 0. The van der Waals surface area contributed by atoms with Crippen molar-refractivity contribution in [3.05, 3.63) is 59.6 Å². The largest absolute Gasteiger partial charge is 0.508 e. The van der Waals surface area contributed by atoms with Gasteiger partial charge in [-0.05, 0) is 48.5 Å². The molecule has 4 heteroatoms. The zero-order valence-electron chi connectivity index (χ0n) is 9.88. The summed E-state index contributed by atoms with van der Waals surface area (Å²) in [6, 6.07) is 15.7. The number of phenolic OH excluding ortho intramolecular Hbond substituents is 1. The third-order valence-corrected chi connectivity index (χ3v) is 2.92. The van der Waals surface area contributed by atoms with Gasteiger partial charge in [-0.15, -0.1) is 0 Å². The number of rotatable bonds is 2. The standard InChI is InChI=1S/C15H10ClNO2/c16-11-2-7-14-10(9-11)1-8-15(17-14)19-13-5-3-12(18)4-6-13/h1-9,18H. The van der Waals surface area contributed by atoms with Crippen LogP contribution in [0.4, 0.5) is 0 Å². The number of hydrogen-bond acceptors (Lipinski definition) is 3. The smallest absolute Gasteiger partial charge is 0.219 e. The van der Waals surface area contributed by atoms with E-state index in [2.05, 4.69) is 4.98 Å². The van der Waals surface area contributed by atoms with Crippen LogP contribution >= 0.6 is 11.6 Å². The van der Waals surface area contributed by atoms with Crippen LogP contribution in [0.25, 0.3) is 10.9 Å². The van der Waals surface area contributed by atoms with Crippen molar-refractivity contribution in [3.8, 4) is 17.4 Å². The Hall–Kier alpha value is -2.26. The first-order chi connectivity index (χ1) is 9.20. The number of benzene rings is 2. The Bertz CT molecular complexity index is 726. The maximum atomic E-state index is 9.21. The number of ether oxygens (including phenoxy) is 1. The monoisotopic (exact) mass is 271 g/mol. The van der Waals surface area contributed by atoms with Gasteiger partial charge in [-0.1, -0.05) is 11.6 Å². The number of halogens is 1. The first kappa shape index (κ1) is 11.8. The Kier molecular flexibility index (Phi) is 2.97. The van der Waals surface area contributed by atoms with Gasteiger partial charge in [0.15, 0.2) is 0 Å². The van der Waals surface area contributed by atoms with E-state index < -0.39 is 0 Å². The highest BCUT2D eigenvalue weighted by molar-refractivity contribution is 6.31. The summed E-state index contributed by atoms with van der Waals surface area (Å²) in [7, 11) is 0. The van der Waals surface area contributed by atoms with Gasteiger partial charge in [0.1, 0.15) is 11.5 Å². The molecule has 3 aromatic rings. The van der Waals surface area contributed by atoms with Crippen molar-refractivity contribution in [2.45, 2.75) is 0 Å². The minimum atomic E-state index is 0.202. The van der Waals surface area contributed by atoms with Crippen LogP contribution in [0, 0.1) is 0 Å². The lowest BCUT2D eigenvalue weighted by molar-refractivity contribution is 0.455. The van der Waals surface area contributed by atoms with Gasteiger partial charge in [-0.3, -0.25) is 0 Å². The molecule has 3 nitrogen and oxygen atoms in total. The minimum absolute atomic E-state index is 0.202. The average molecular weight is 272 g/mol. The third kappa shape index (κ3) is 2.61. The Morgan fingerprint density at radius 2 is 1.74 bits per heavy atom. The van der Waals surface area contributed by atoms with Crippen LogP contribution in [0.15, 0.2) is 54.6 Å². The molecule has 1 N–H and O–H groups in total. The van der Waals surface area contributed by atoms with Gasteiger partial charge in [-0.2, -0.15) is 0 Å². The van der Waals surface area contributed by atoms with E-state index in [9.17, 15) is 5.11 Å². The van der Waals surface area contributed by atoms with Crippen molar-refractivity contribution in [3.63, 3.8) is 0 Å². The van der Waals surface area contributed by atoms with E-state index in [1.165, 1.54) is 0 Å². The molecule has 0 unspecified atom stereocenters. The third-order valence-electron chi connectivity index (χ3n) is 2.68. The lowest BCUT2D eigenvalue weighted by Crippen LogP contribution is -1.88. The second-order valence-electron chi connectivity index (χ2n) is 4.08. The van der Waals surface area contributed by atoms with E-state index in [0.29, 0.717) is 16.7 Å². The van der Waals surface area contributed by atoms with Gasteiger partial charge in [0.2, 0.25) is 5.88 Å². The quantitative estimate of drug-likeness (QED) is 0.752. The molecule has 0 aliphatic carbocycles. The van der Waals surface area contributed by atoms with E-state index in [4.69, 9.17) is 16.3 Å². The molecule has 0 saturated heterocycles. The van der Waals surface area contributed by atoms with Crippen LogP contribution in [0.3, 0.4) is 0 Å². The Morgan fingerprint density at radius 3 is 2.53 bits per heavy atom. The van der Waals surface area contributed by atoms with Crippen LogP contribution in [0.1, 0.15) is 0 Å². The van der Waals surface area contributed by atoms with E-state index in [-0.39, 0.29) is 5.75 Å². The summed E-state index contributed by atoms with van der Waals surface area (Å²) < 4.78 is 5.62. The van der Waals surface area contributed by atoms with Crippen LogP contribution in [0.5, 0.6) is 17.4 Å².